The molecule has 2 heterocycles. The van der Waals surface area contributed by atoms with E-state index in [1.165, 1.54) is 17.6 Å². The smallest absolute Gasteiger partial charge is 0.410 e. The van der Waals surface area contributed by atoms with Crippen molar-refractivity contribution in [3.05, 3.63) is 21.9 Å². The highest BCUT2D eigenvalue weighted by molar-refractivity contribution is 7.10. The van der Waals surface area contributed by atoms with Gasteiger partial charge < -0.3 is 14.4 Å². The van der Waals surface area contributed by atoms with Gasteiger partial charge in [0.05, 0.1) is 20.1 Å². The lowest BCUT2D eigenvalue weighted by molar-refractivity contribution is -0.141. The number of amides is 1. The third-order valence-electron chi connectivity index (χ3n) is 2.84. The zero-order valence-electron chi connectivity index (χ0n) is 10.2. The summed E-state index contributed by atoms with van der Waals surface area (Å²) in [4.78, 5) is 25.5. The van der Waals surface area contributed by atoms with Crippen LogP contribution in [0.3, 0.4) is 0 Å². The van der Waals surface area contributed by atoms with Crippen LogP contribution in [0.5, 0.6) is 0 Å². The van der Waals surface area contributed by atoms with Gasteiger partial charge in [0.15, 0.2) is 0 Å². The highest BCUT2D eigenvalue weighted by Crippen LogP contribution is 2.24. The minimum Gasteiger partial charge on any atom is -0.469 e. The Morgan fingerprint density at radius 3 is 3.11 bits per heavy atom. The van der Waals surface area contributed by atoms with E-state index in [1.807, 2.05) is 5.38 Å². The van der Waals surface area contributed by atoms with Crippen molar-refractivity contribution in [1.29, 1.82) is 0 Å². The predicted octanol–water partition coefficient (Wildman–Crippen LogP) is 1.81. The molecule has 0 aromatic carbocycles. The van der Waals surface area contributed by atoms with Crippen LogP contribution in [0.1, 0.15) is 16.9 Å². The summed E-state index contributed by atoms with van der Waals surface area (Å²) in [7, 11) is 1.31. The van der Waals surface area contributed by atoms with Crippen molar-refractivity contribution in [3.63, 3.8) is 0 Å². The van der Waals surface area contributed by atoms with Gasteiger partial charge in [-0.3, -0.25) is 4.79 Å². The first-order valence-electron chi connectivity index (χ1n) is 5.74. The fourth-order valence-electron chi connectivity index (χ4n) is 1.81. The molecule has 0 spiro atoms. The van der Waals surface area contributed by atoms with Crippen LogP contribution in [0.25, 0.3) is 0 Å². The fraction of sp³-hybridized carbons (Fsp3) is 0.500. The number of thiophene rings is 1. The molecule has 0 unspecified atom stereocenters. The van der Waals surface area contributed by atoms with Crippen molar-refractivity contribution in [3.8, 4) is 0 Å². The SMILES string of the molecule is COC(=O)CCOC(=O)N1CCc2ccsc2C1. The number of fused-ring (bicyclic) bond motifs is 1. The number of hydrogen-bond acceptors (Lipinski definition) is 5. The highest BCUT2D eigenvalue weighted by atomic mass is 32.1. The van der Waals surface area contributed by atoms with Gasteiger partial charge in [-0.1, -0.05) is 0 Å². The lowest BCUT2D eigenvalue weighted by Crippen LogP contribution is -2.36. The van der Waals surface area contributed by atoms with E-state index in [9.17, 15) is 9.59 Å². The van der Waals surface area contributed by atoms with Crippen molar-refractivity contribution < 1.29 is 19.1 Å². The summed E-state index contributed by atoms with van der Waals surface area (Å²) in [5, 5.41) is 2.04. The first-order valence-corrected chi connectivity index (χ1v) is 6.62. The van der Waals surface area contributed by atoms with Gasteiger partial charge in [-0.15, -0.1) is 11.3 Å². The molecule has 18 heavy (non-hydrogen) atoms. The Balaban J connectivity index is 1.79. The fourth-order valence-corrected chi connectivity index (χ4v) is 2.76. The van der Waals surface area contributed by atoms with Gasteiger partial charge in [0.1, 0.15) is 6.61 Å². The molecular weight excluding hydrogens is 254 g/mol. The molecule has 1 aliphatic heterocycles. The first kappa shape index (κ1) is 12.9. The largest absolute Gasteiger partial charge is 0.469 e. The molecule has 0 saturated carbocycles. The van der Waals surface area contributed by atoms with E-state index >= 15 is 0 Å². The Hall–Kier alpha value is -1.56. The van der Waals surface area contributed by atoms with Crippen LogP contribution in [-0.2, 0) is 27.2 Å². The molecule has 0 fully saturated rings. The molecule has 0 radical (unpaired) electrons. The molecule has 0 saturated heterocycles. The maximum absolute atomic E-state index is 11.8. The van der Waals surface area contributed by atoms with Crippen molar-refractivity contribution in [2.75, 3.05) is 20.3 Å². The van der Waals surface area contributed by atoms with Crippen molar-refractivity contribution in [2.24, 2.45) is 0 Å². The van der Waals surface area contributed by atoms with Gasteiger partial charge in [-0.05, 0) is 23.4 Å². The highest BCUT2D eigenvalue weighted by Gasteiger charge is 2.22. The van der Waals surface area contributed by atoms with E-state index < -0.39 is 0 Å². The van der Waals surface area contributed by atoms with Crippen LogP contribution in [0.15, 0.2) is 11.4 Å². The van der Waals surface area contributed by atoms with E-state index in [-0.39, 0.29) is 25.1 Å². The number of rotatable bonds is 3. The van der Waals surface area contributed by atoms with Crippen molar-refractivity contribution >= 4 is 23.4 Å². The van der Waals surface area contributed by atoms with Crippen LogP contribution in [0.2, 0.25) is 0 Å². The Morgan fingerprint density at radius 2 is 2.33 bits per heavy atom. The average Bonchev–Trinajstić information content (AvgIpc) is 2.85. The summed E-state index contributed by atoms with van der Waals surface area (Å²) < 4.78 is 9.51. The lowest BCUT2D eigenvalue weighted by Gasteiger charge is -2.26. The summed E-state index contributed by atoms with van der Waals surface area (Å²) in [6, 6.07) is 2.10. The van der Waals surface area contributed by atoms with E-state index in [2.05, 4.69) is 10.8 Å². The van der Waals surface area contributed by atoms with Gasteiger partial charge in [0.25, 0.3) is 0 Å². The minimum atomic E-state index is -0.373. The molecule has 1 aromatic rings. The number of carbonyl (C=O) groups is 2. The number of methoxy groups -OCH3 is 1. The monoisotopic (exact) mass is 269 g/mol. The van der Waals surface area contributed by atoms with Gasteiger partial charge in [-0.2, -0.15) is 0 Å². The lowest BCUT2D eigenvalue weighted by atomic mass is 10.1. The standard InChI is InChI=1S/C12H15NO4S/c1-16-11(14)3-6-17-12(15)13-5-2-9-4-7-18-10(9)8-13/h4,7H,2-3,5-6,8H2,1H3. The number of nitrogens with zero attached hydrogens (tertiary/aromatic N) is 1. The number of carbonyl (C=O) groups excluding carboxylic acids is 2. The summed E-state index contributed by atoms with van der Waals surface area (Å²) in [6.07, 6.45) is 0.601. The first-order chi connectivity index (χ1) is 8.70. The molecule has 1 aromatic heterocycles. The van der Waals surface area contributed by atoms with Crippen molar-refractivity contribution in [1.82, 2.24) is 4.90 Å². The second-order valence-corrected chi connectivity index (χ2v) is 4.98. The summed E-state index contributed by atoms with van der Waals surface area (Å²) in [5.74, 6) is -0.373. The summed E-state index contributed by atoms with van der Waals surface area (Å²) >= 11 is 1.66. The van der Waals surface area contributed by atoms with E-state index in [4.69, 9.17) is 4.74 Å². The molecule has 0 aliphatic carbocycles. The van der Waals surface area contributed by atoms with Gasteiger partial charge in [0.2, 0.25) is 0 Å². The minimum absolute atomic E-state index is 0.0688. The van der Waals surface area contributed by atoms with Crippen LogP contribution >= 0.6 is 11.3 Å². The number of ether oxygens (including phenoxy) is 2. The van der Waals surface area contributed by atoms with E-state index in [0.29, 0.717) is 13.1 Å². The number of hydrogen-bond donors (Lipinski definition) is 0. The maximum atomic E-state index is 11.8. The topological polar surface area (TPSA) is 55.8 Å². The maximum Gasteiger partial charge on any atom is 0.410 e. The van der Waals surface area contributed by atoms with Crippen LogP contribution < -0.4 is 0 Å². The molecule has 1 aliphatic rings. The quantitative estimate of drug-likeness (QED) is 0.785. The third-order valence-corrected chi connectivity index (χ3v) is 3.79. The Bertz CT molecular complexity index is 443. The predicted molar refractivity (Wildman–Crippen MR) is 66.4 cm³/mol. The van der Waals surface area contributed by atoms with Crippen LogP contribution in [-0.4, -0.2) is 37.2 Å². The second-order valence-electron chi connectivity index (χ2n) is 3.98. The molecule has 98 valence electrons. The van der Waals surface area contributed by atoms with Crippen LogP contribution in [0, 0.1) is 0 Å². The normalized spacial score (nSPS) is 13.9. The molecule has 0 atom stereocenters. The van der Waals surface area contributed by atoms with Gasteiger partial charge in [-0.25, -0.2) is 4.79 Å². The molecule has 1 amide bonds. The van der Waals surface area contributed by atoms with E-state index in [0.717, 1.165) is 6.42 Å². The van der Waals surface area contributed by atoms with E-state index in [1.54, 1.807) is 16.2 Å². The molecule has 0 bridgehead atoms. The zero-order chi connectivity index (χ0) is 13.0. The third kappa shape index (κ3) is 3.01. The summed E-state index contributed by atoms with van der Waals surface area (Å²) in [5.41, 5.74) is 1.32. The molecule has 0 N–H and O–H groups in total. The van der Waals surface area contributed by atoms with Gasteiger partial charge in [0, 0.05) is 11.4 Å². The molecule has 5 nitrogen and oxygen atoms in total. The molecule has 6 heteroatoms. The second kappa shape index (κ2) is 5.86. The molecular formula is C12H15NO4S. The average molecular weight is 269 g/mol. The Morgan fingerprint density at radius 1 is 1.50 bits per heavy atom. The Labute approximate surface area is 109 Å². The van der Waals surface area contributed by atoms with Crippen molar-refractivity contribution in [2.45, 2.75) is 19.4 Å². The zero-order valence-corrected chi connectivity index (χ0v) is 11.0. The summed E-state index contributed by atoms with van der Waals surface area (Å²) in [6.45, 7) is 1.34. The van der Waals surface area contributed by atoms with Crippen LogP contribution in [0.4, 0.5) is 4.79 Å². The van der Waals surface area contributed by atoms with Gasteiger partial charge >= 0.3 is 12.1 Å². The number of esters is 1. The Kier molecular flexibility index (Phi) is 4.19. The molecule has 2 rings (SSSR count).